The Morgan fingerprint density at radius 3 is 1.80 bits per heavy atom. The number of carboxylic acids is 2. The van der Waals surface area contributed by atoms with E-state index in [1.54, 1.807) is 21.9 Å². The Morgan fingerprint density at radius 1 is 0.818 bits per heavy atom. The minimum atomic E-state index is -1.05. The lowest BCUT2D eigenvalue weighted by atomic mass is 10.0. The van der Waals surface area contributed by atoms with Gasteiger partial charge in [-0.1, -0.05) is 12.1 Å². The Kier molecular flexibility index (Phi) is 16.9. The smallest absolute Gasteiger partial charge is 0.317 e. The predicted molar refractivity (Wildman–Crippen MR) is 161 cm³/mol. The molecule has 2 rings (SSSR count). The number of rotatable bonds is 18. The molecule has 1 aromatic carbocycles. The highest BCUT2D eigenvalue weighted by Gasteiger charge is 2.25. The number of nitro groups is 1. The van der Waals surface area contributed by atoms with E-state index in [0.717, 1.165) is 18.1 Å². The lowest BCUT2D eigenvalue weighted by Crippen LogP contribution is -2.51. The fourth-order valence-corrected chi connectivity index (χ4v) is 5.31. The van der Waals surface area contributed by atoms with Gasteiger partial charge >= 0.3 is 11.9 Å². The third kappa shape index (κ3) is 14.2. The molecule has 1 heterocycles. The number of aldehydes is 3. The van der Waals surface area contributed by atoms with Crippen molar-refractivity contribution in [3.63, 3.8) is 0 Å². The van der Waals surface area contributed by atoms with Gasteiger partial charge in [-0.05, 0) is 24.8 Å². The van der Waals surface area contributed by atoms with Gasteiger partial charge in [0.15, 0.2) is 0 Å². The van der Waals surface area contributed by atoms with E-state index in [-0.39, 0.29) is 44.5 Å². The molecular weight excluding hydrogens is 576 g/mol. The third-order valence-electron chi connectivity index (χ3n) is 7.74. The van der Waals surface area contributed by atoms with E-state index in [0.29, 0.717) is 84.5 Å². The lowest BCUT2D eigenvalue weighted by molar-refractivity contribution is -0.384. The van der Waals surface area contributed by atoms with E-state index >= 15 is 0 Å². The fourth-order valence-electron chi connectivity index (χ4n) is 5.31. The van der Waals surface area contributed by atoms with Crippen LogP contribution in [0, 0.1) is 10.1 Å². The molecule has 0 aromatic heterocycles. The zero-order valence-electron chi connectivity index (χ0n) is 25.1. The number of hydrogen-bond acceptors (Lipinski definition) is 12. The largest absolute Gasteiger partial charge is 0.480 e. The Bertz CT molecular complexity index is 1050. The van der Waals surface area contributed by atoms with Gasteiger partial charge in [0.1, 0.15) is 18.9 Å². The number of carbonyl (C=O) groups excluding carboxylic acids is 3. The maximum atomic E-state index is 11.7. The normalized spacial score (nSPS) is 17.3. The van der Waals surface area contributed by atoms with Crippen LogP contribution in [0.15, 0.2) is 24.3 Å². The predicted octanol–water partition coefficient (Wildman–Crippen LogP) is -0.424. The first-order valence-electron chi connectivity index (χ1n) is 14.8. The maximum Gasteiger partial charge on any atom is 0.317 e. The molecule has 2 N–H and O–H groups in total. The van der Waals surface area contributed by atoms with Gasteiger partial charge < -0.3 is 24.6 Å². The van der Waals surface area contributed by atoms with Crippen LogP contribution >= 0.6 is 0 Å². The van der Waals surface area contributed by atoms with E-state index in [9.17, 15) is 44.3 Å². The van der Waals surface area contributed by atoms with Crippen LogP contribution in [0.4, 0.5) is 5.69 Å². The molecule has 0 amide bonds. The molecule has 244 valence electrons. The zero-order valence-corrected chi connectivity index (χ0v) is 25.1. The molecule has 1 saturated heterocycles. The summed E-state index contributed by atoms with van der Waals surface area (Å²) < 4.78 is 0. The Morgan fingerprint density at radius 2 is 1.34 bits per heavy atom. The van der Waals surface area contributed by atoms with Crippen LogP contribution in [0.2, 0.25) is 0 Å². The Hall–Kier alpha value is -3.63. The van der Waals surface area contributed by atoms with Crippen molar-refractivity contribution < 1.29 is 39.1 Å². The highest BCUT2D eigenvalue weighted by atomic mass is 16.6. The molecule has 0 spiro atoms. The molecule has 15 heteroatoms. The lowest BCUT2D eigenvalue weighted by Gasteiger charge is -2.37. The van der Waals surface area contributed by atoms with Crippen molar-refractivity contribution in [1.82, 2.24) is 24.5 Å². The molecule has 1 fully saturated rings. The summed E-state index contributed by atoms with van der Waals surface area (Å²) in [5, 5.41) is 29.9. The first-order chi connectivity index (χ1) is 21.1. The summed E-state index contributed by atoms with van der Waals surface area (Å²) in [6.07, 6.45) is 4.13. The van der Waals surface area contributed by atoms with Crippen molar-refractivity contribution >= 4 is 36.5 Å². The van der Waals surface area contributed by atoms with Crippen LogP contribution in [0.5, 0.6) is 0 Å². The number of benzene rings is 1. The van der Waals surface area contributed by atoms with Gasteiger partial charge in [-0.25, -0.2) is 0 Å². The second kappa shape index (κ2) is 20.3. The number of nitrogens with zero attached hydrogens (tertiary/aromatic N) is 6. The molecule has 1 aromatic rings. The summed E-state index contributed by atoms with van der Waals surface area (Å²) in [6, 6.07) is 6.00. The molecule has 0 bridgehead atoms. The standard InChI is InChI=1S/C29H44N6O9/c36-19-16-30-8-12-32(13-9-31(17-20-37)11-15-33(14-10-30)23-28(39)40)22-27(34(18-21-38)24-29(41)42)3-1-2-25-4-6-26(7-5-25)35(43)44/h4-7,19-21,27H,1-3,8-18,22-24H2,(H,39,40)(H,41,42). The number of aryl methyl sites for hydroxylation is 1. The first kappa shape index (κ1) is 36.6. The van der Waals surface area contributed by atoms with Gasteiger partial charge in [0.25, 0.3) is 5.69 Å². The molecule has 1 aliphatic heterocycles. The van der Waals surface area contributed by atoms with Crippen LogP contribution in [0.1, 0.15) is 18.4 Å². The van der Waals surface area contributed by atoms with Gasteiger partial charge in [0.05, 0.1) is 37.6 Å². The zero-order chi connectivity index (χ0) is 32.3. The minimum Gasteiger partial charge on any atom is -0.480 e. The second-order valence-electron chi connectivity index (χ2n) is 10.9. The van der Waals surface area contributed by atoms with E-state index in [1.165, 1.54) is 12.1 Å². The third-order valence-corrected chi connectivity index (χ3v) is 7.74. The average Bonchev–Trinajstić information content (AvgIpc) is 2.97. The SMILES string of the molecule is O=CCN1CCN(CC(=O)O)CCN(CC=O)CCN(CC(CCCc2ccc([N+](=O)[O-])cc2)N(CC=O)CC(=O)O)CC1. The number of hydrogen-bond donors (Lipinski definition) is 2. The number of carboxylic acid groups (broad SMARTS) is 2. The molecule has 15 nitrogen and oxygen atoms in total. The minimum absolute atomic E-state index is 0.00221. The van der Waals surface area contributed by atoms with E-state index in [4.69, 9.17) is 0 Å². The van der Waals surface area contributed by atoms with Crippen molar-refractivity contribution in [2.45, 2.75) is 25.3 Å². The van der Waals surface area contributed by atoms with Crippen molar-refractivity contribution in [3.8, 4) is 0 Å². The highest BCUT2D eigenvalue weighted by Crippen LogP contribution is 2.16. The maximum absolute atomic E-state index is 11.7. The first-order valence-corrected chi connectivity index (χ1v) is 14.8. The van der Waals surface area contributed by atoms with Crippen molar-refractivity contribution in [2.75, 3.05) is 91.6 Å². The number of non-ortho nitro benzene ring substituents is 1. The van der Waals surface area contributed by atoms with Gasteiger partial charge in [-0.15, -0.1) is 0 Å². The van der Waals surface area contributed by atoms with Crippen LogP contribution in [0.3, 0.4) is 0 Å². The van der Waals surface area contributed by atoms with Crippen LogP contribution in [-0.4, -0.2) is 168 Å². The number of carbonyl (C=O) groups is 5. The monoisotopic (exact) mass is 620 g/mol. The molecular formula is C29H44N6O9. The molecule has 0 aliphatic carbocycles. The molecule has 1 unspecified atom stereocenters. The molecule has 44 heavy (non-hydrogen) atoms. The van der Waals surface area contributed by atoms with Crippen LogP contribution in [0.25, 0.3) is 0 Å². The fraction of sp³-hybridized carbons (Fsp3) is 0.621. The van der Waals surface area contributed by atoms with Crippen LogP contribution in [-0.2, 0) is 30.4 Å². The quantitative estimate of drug-likeness (QED) is 0.122. The average molecular weight is 621 g/mol. The molecule has 1 aliphatic rings. The van der Waals surface area contributed by atoms with Crippen molar-refractivity contribution in [1.29, 1.82) is 0 Å². The van der Waals surface area contributed by atoms with E-state index < -0.39 is 16.9 Å². The van der Waals surface area contributed by atoms with Gasteiger partial charge in [-0.3, -0.25) is 44.2 Å². The van der Waals surface area contributed by atoms with Gasteiger partial charge in [0.2, 0.25) is 0 Å². The number of aliphatic carboxylic acids is 2. The summed E-state index contributed by atoms with van der Waals surface area (Å²) in [5.41, 5.74) is 0.911. The Labute approximate surface area is 257 Å². The summed E-state index contributed by atoms with van der Waals surface area (Å²) in [7, 11) is 0. The van der Waals surface area contributed by atoms with Gasteiger partial charge in [-0.2, -0.15) is 0 Å². The topological polar surface area (TPSA) is 185 Å². The summed E-state index contributed by atoms with van der Waals surface area (Å²) >= 11 is 0. The van der Waals surface area contributed by atoms with E-state index in [1.807, 2.05) is 9.80 Å². The molecule has 0 radical (unpaired) electrons. The summed E-state index contributed by atoms with van der Waals surface area (Å²) in [5.74, 6) is -2.01. The second-order valence-corrected chi connectivity index (χ2v) is 10.9. The molecule has 0 saturated carbocycles. The van der Waals surface area contributed by atoms with Gasteiger partial charge in [0, 0.05) is 77.1 Å². The summed E-state index contributed by atoms with van der Waals surface area (Å²) in [4.78, 5) is 77.4. The van der Waals surface area contributed by atoms with Crippen molar-refractivity contribution in [2.24, 2.45) is 0 Å². The van der Waals surface area contributed by atoms with Crippen molar-refractivity contribution in [3.05, 3.63) is 39.9 Å². The number of nitro benzene ring substituents is 1. The Balaban J connectivity index is 2.23. The molecule has 1 atom stereocenters. The van der Waals surface area contributed by atoms with Crippen LogP contribution < -0.4 is 0 Å². The van der Waals surface area contributed by atoms with E-state index in [2.05, 4.69) is 4.90 Å². The summed E-state index contributed by atoms with van der Waals surface area (Å²) in [6.45, 7) is 4.18. The highest BCUT2D eigenvalue weighted by molar-refractivity contribution is 5.70.